The van der Waals surface area contributed by atoms with E-state index in [4.69, 9.17) is 14.2 Å². The summed E-state index contributed by atoms with van der Waals surface area (Å²) in [6.07, 6.45) is 0.159. The van der Waals surface area contributed by atoms with Gasteiger partial charge in [0.2, 0.25) is 0 Å². The van der Waals surface area contributed by atoms with Gasteiger partial charge in [0.25, 0.3) is 0 Å². The van der Waals surface area contributed by atoms with Gasteiger partial charge >= 0.3 is 12.1 Å². The first-order chi connectivity index (χ1) is 8.80. The lowest BCUT2D eigenvalue weighted by molar-refractivity contribution is -0.149. The minimum atomic E-state index is -0.628. The number of amides is 1. The van der Waals surface area contributed by atoms with Crippen LogP contribution in [0.1, 0.15) is 40.5 Å². The zero-order valence-electron chi connectivity index (χ0n) is 12.3. The van der Waals surface area contributed by atoms with E-state index in [-0.39, 0.29) is 0 Å². The van der Waals surface area contributed by atoms with Crippen molar-refractivity contribution >= 4 is 12.1 Å². The first-order valence-corrected chi connectivity index (χ1v) is 6.51. The lowest BCUT2D eigenvalue weighted by atomic mass is 10.2. The summed E-state index contributed by atoms with van der Waals surface area (Å²) in [5, 5.41) is 0. The fourth-order valence-corrected chi connectivity index (χ4v) is 2.06. The molecule has 0 aromatic carbocycles. The molecule has 0 bridgehead atoms. The first kappa shape index (κ1) is 15.8. The van der Waals surface area contributed by atoms with E-state index in [0.29, 0.717) is 19.4 Å². The van der Waals surface area contributed by atoms with Crippen molar-refractivity contribution in [2.75, 3.05) is 13.7 Å². The van der Waals surface area contributed by atoms with Crippen LogP contribution in [-0.4, -0.2) is 48.5 Å². The highest BCUT2D eigenvalue weighted by Crippen LogP contribution is 2.28. The molecule has 1 fully saturated rings. The summed E-state index contributed by atoms with van der Waals surface area (Å²) in [4.78, 5) is 25.3. The van der Waals surface area contributed by atoms with Gasteiger partial charge in [0.15, 0.2) is 0 Å². The second kappa shape index (κ2) is 6.23. The quantitative estimate of drug-likeness (QED) is 0.735. The summed E-state index contributed by atoms with van der Waals surface area (Å²) in [5.74, 6) is -0.437. The molecule has 1 rings (SSSR count). The van der Waals surface area contributed by atoms with Crippen LogP contribution in [0.3, 0.4) is 0 Å². The van der Waals surface area contributed by atoms with Crippen molar-refractivity contribution in [3.63, 3.8) is 0 Å². The minimum absolute atomic E-state index is 0.427. The molecule has 0 aliphatic carbocycles. The SMILES string of the molecule is CCOC1CC[C@@H](C(=O)OC)N1C(=O)OC(C)(C)C. The number of carbonyl (C=O) groups is 2. The molecule has 19 heavy (non-hydrogen) atoms. The number of likely N-dealkylation sites (tertiary alicyclic amines) is 1. The van der Waals surface area contributed by atoms with E-state index in [1.54, 1.807) is 20.8 Å². The molecule has 0 aromatic rings. The van der Waals surface area contributed by atoms with Gasteiger partial charge in [0.1, 0.15) is 17.9 Å². The van der Waals surface area contributed by atoms with Crippen LogP contribution in [0, 0.1) is 0 Å². The molecular formula is C13H23NO5. The second-order valence-electron chi connectivity index (χ2n) is 5.41. The molecule has 110 valence electrons. The molecule has 1 aliphatic rings. The van der Waals surface area contributed by atoms with Crippen molar-refractivity contribution in [3.8, 4) is 0 Å². The van der Waals surface area contributed by atoms with Crippen molar-refractivity contribution < 1.29 is 23.8 Å². The Bertz CT molecular complexity index is 336. The van der Waals surface area contributed by atoms with Crippen LogP contribution < -0.4 is 0 Å². The zero-order chi connectivity index (χ0) is 14.6. The normalized spacial score (nSPS) is 23.3. The summed E-state index contributed by atoms with van der Waals surface area (Å²) in [7, 11) is 1.31. The Labute approximate surface area is 114 Å². The van der Waals surface area contributed by atoms with Crippen LogP contribution in [0.2, 0.25) is 0 Å². The van der Waals surface area contributed by atoms with Crippen molar-refractivity contribution in [1.29, 1.82) is 0 Å². The molecule has 0 radical (unpaired) electrons. The van der Waals surface area contributed by atoms with Crippen LogP contribution in [0.5, 0.6) is 0 Å². The van der Waals surface area contributed by atoms with Crippen LogP contribution in [0.4, 0.5) is 4.79 Å². The number of carbonyl (C=O) groups excluding carboxylic acids is 2. The Balaban J connectivity index is 2.85. The number of hydrogen-bond acceptors (Lipinski definition) is 5. The van der Waals surface area contributed by atoms with Gasteiger partial charge in [-0.05, 0) is 40.5 Å². The molecule has 0 N–H and O–H groups in total. The summed E-state index contributed by atoms with van der Waals surface area (Å²) < 4.78 is 15.5. The topological polar surface area (TPSA) is 65.1 Å². The van der Waals surface area contributed by atoms with Gasteiger partial charge in [0, 0.05) is 6.61 Å². The predicted octanol–water partition coefficient (Wildman–Crippen LogP) is 1.92. The van der Waals surface area contributed by atoms with Crippen LogP contribution in [-0.2, 0) is 19.0 Å². The third kappa shape index (κ3) is 4.09. The van der Waals surface area contributed by atoms with Gasteiger partial charge in [0.05, 0.1) is 7.11 Å². The Hall–Kier alpha value is -1.30. The summed E-state index contributed by atoms with van der Waals surface area (Å²) in [5.41, 5.74) is -0.614. The van der Waals surface area contributed by atoms with E-state index in [1.165, 1.54) is 12.0 Å². The van der Waals surface area contributed by atoms with Crippen molar-refractivity contribution in [2.45, 2.75) is 58.4 Å². The molecular weight excluding hydrogens is 250 g/mol. The van der Waals surface area contributed by atoms with Gasteiger partial charge in [-0.2, -0.15) is 0 Å². The minimum Gasteiger partial charge on any atom is -0.467 e. The maximum Gasteiger partial charge on any atom is 0.413 e. The van der Waals surface area contributed by atoms with Crippen molar-refractivity contribution in [1.82, 2.24) is 4.90 Å². The molecule has 1 heterocycles. The highest BCUT2D eigenvalue weighted by molar-refractivity contribution is 5.82. The van der Waals surface area contributed by atoms with Crippen molar-refractivity contribution in [3.05, 3.63) is 0 Å². The molecule has 2 atom stereocenters. The van der Waals surface area contributed by atoms with E-state index in [2.05, 4.69) is 0 Å². The summed E-state index contributed by atoms with van der Waals surface area (Å²) in [6, 6.07) is -0.628. The first-order valence-electron chi connectivity index (χ1n) is 6.51. The predicted molar refractivity (Wildman–Crippen MR) is 68.5 cm³/mol. The third-order valence-electron chi connectivity index (χ3n) is 2.77. The Morgan fingerprint density at radius 2 is 1.89 bits per heavy atom. The van der Waals surface area contributed by atoms with E-state index < -0.39 is 29.9 Å². The molecule has 1 saturated heterocycles. The highest BCUT2D eigenvalue weighted by atomic mass is 16.6. The smallest absolute Gasteiger partial charge is 0.413 e. The lowest BCUT2D eigenvalue weighted by Crippen LogP contribution is -2.48. The second-order valence-corrected chi connectivity index (χ2v) is 5.41. The van der Waals surface area contributed by atoms with E-state index in [1.807, 2.05) is 6.92 Å². The van der Waals surface area contributed by atoms with E-state index >= 15 is 0 Å². The number of methoxy groups -OCH3 is 1. The monoisotopic (exact) mass is 273 g/mol. The van der Waals surface area contributed by atoms with Gasteiger partial charge in [-0.1, -0.05) is 0 Å². The number of rotatable bonds is 3. The molecule has 1 unspecified atom stereocenters. The lowest BCUT2D eigenvalue weighted by Gasteiger charge is -2.31. The Kier molecular flexibility index (Phi) is 5.17. The fourth-order valence-electron chi connectivity index (χ4n) is 2.06. The standard InChI is InChI=1S/C13H23NO5/c1-6-18-10-8-7-9(11(15)17-5)14(10)12(16)19-13(2,3)4/h9-10H,6-8H2,1-5H3/t9-,10?/m0/s1. The van der Waals surface area contributed by atoms with Crippen molar-refractivity contribution in [2.24, 2.45) is 0 Å². The summed E-state index contributed by atoms with van der Waals surface area (Å²) in [6.45, 7) is 7.66. The third-order valence-corrected chi connectivity index (χ3v) is 2.77. The van der Waals surface area contributed by atoms with Crippen LogP contribution in [0.15, 0.2) is 0 Å². The van der Waals surface area contributed by atoms with E-state index in [9.17, 15) is 9.59 Å². The van der Waals surface area contributed by atoms with Gasteiger partial charge in [-0.15, -0.1) is 0 Å². The van der Waals surface area contributed by atoms with Crippen LogP contribution >= 0.6 is 0 Å². The number of esters is 1. The molecule has 6 heteroatoms. The molecule has 1 aliphatic heterocycles. The van der Waals surface area contributed by atoms with Gasteiger partial charge < -0.3 is 14.2 Å². The van der Waals surface area contributed by atoms with Gasteiger partial charge in [-0.25, -0.2) is 9.59 Å². The average molecular weight is 273 g/mol. The molecule has 0 spiro atoms. The summed E-state index contributed by atoms with van der Waals surface area (Å²) >= 11 is 0. The van der Waals surface area contributed by atoms with Crippen LogP contribution in [0.25, 0.3) is 0 Å². The number of nitrogens with zero attached hydrogens (tertiary/aromatic N) is 1. The molecule has 1 amide bonds. The van der Waals surface area contributed by atoms with Gasteiger partial charge in [-0.3, -0.25) is 4.90 Å². The molecule has 0 saturated carbocycles. The Morgan fingerprint density at radius 1 is 1.26 bits per heavy atom. The average Bonchev–Trinajstić information content (AvgIpc) is 2.70. The number of hydrogen-bond donors (Lipinski definition) is 0. The molecule has 0 aromatic heterocycles. The fraction of sp³-hybridized carbons (Fsp3) is 0.846. The largest absolute Gasteiger partial charge is 0.467 e. The maximum absolute atomic E-state index is 12.2. The van der Waals surface area contributed by atoms with E-state index in [0.717, 1.165) is 0 Å². The number of ether oxygens (including phenoxy) is 3. The Morgan fingerprint density at radius 3 is 2.37 bits per heavy atom. The molecule has 6 nitrogen and oxygen atoms in total. The highest BCUT2D eigenvalue weighted by Gasteiger charge is 2.44. The zero-order valence-corrected chi connectivity index (χ0v) is 12.3. The maximum atomic E-state index is 12.2.